The number of nitro benzene ring substituents is 1. The second kappa shape index (κ2) is 12.2. The number of hydrogen-bond donors (Lipinski definition) is 0. The van der Waals surface area contributed by atoms with Gasteiger partial charge in [-0.15, -0.1) is 0 Å². The van der Waals surface area contributed by atoms with Crippen molar-refractivity contribution in [2.45, 2.75) is 26.0 Å². The fourth-order valence-electron chi connectivity index (χ4n) is 4.06. The molecule has 10 nitrogen and oxygen atoms in total. The van der Waals surface area contributed by atoms with E-state index in [0.717, 1.165) is 29.2 Å². The molecule has 12 heteroatoms. The molecule has 206 valence electrons. The molecular weight excluding hydrogens is 528 g/mol. The van der Waals surface area contributed by atoms with Crippen LogP contribution in [0.1, 0.15) is 30.5 Å². The molecule has 1 heterocycles. The average Bonchev–Trinajstić information content (AvgIpc) is 2.95. The Balaban J connectivity index is 1.78. The molecular formula is C28H23F2N3O7. The molecule has 0 radical (unpaired) electrons. The van der Waals surface area contributed by atoms with Crippen LogP contribution in [-0.4, -0.2) is 35.0 Å². The summed E-state index contributed by atoms with van der Waals surface area (Å²) in [5.74, 6) is -2.88. The van der Waals surface area contributed by atoms with Gasteiger partial charge >= 0.3 is 18.1 Å². The minimum atomic E-state index is -1.52. The van der Waals surface area contributed by atoms with E-state index in [1.807, 2.05) is 0 Å². The number of amides is 1. The third kappa shape index (κ3) is 5.96. The summed E-state index contributed by atoms with van der Waals surface area (Å²) in [6.45, 7) is 1.58. The summed E-state index contributed by atoms with van der Waals surface area (Å²) in [7, 11) is 1.22. The minimum absolute atomic E-state index is 0.0807. The first-order valence-electron chi connectivity index (χ1n) is 12.0. The highest BCUT2D eigenvalue weighted by atomic mass is 19.1. The first-order chi connectivity index (χ1) is 19.2. The van der Waals surface area contributed by atoms with Crippen molar-refractivity contribution in [1.29, 1.82) is 0 Å². The van der Waals surface area contributed by atoms with Gasteiger partial charge in [0.1, 0.15) is 30.0 Å². The maximum absolute atomic E-state index is 15.2. The van der Waals surface area contributed by atoms with Crippen LogP contribution in [0.2, 0.25) is 0 Å². The van der Waals surface area contributed by atoms with E-state index < -0.39 is 34.7 Å². The molecule has 0 N–H and O–H groups in total. The van der Waals surface area contributed by atoms with E-state index in [-0.39, 0.29) is 47.3 Å². The third-order valence-electron chi connectivity index (χ3n) is 5.94. The number of amidine groups is 1. The number of methoxy groups -OCH3 is 1. The molecule has 1 aliphatic heterocycles. The van der Waals surface area contributed by atoms with Crippen molar-refractivity contribution in [3.8, 4) is 5.75 Å². The van der Waals surface area contributed by atoms with E-state index >= 15 is 4.39 Å². The van der Waals surface area contributed by atoms with Gasteiger partial charge in [0, 0.05) is 23.8 Å². The lowest BCUT2D eigenvalue weighted by molar-refractivity contribution is -0.384. The molecule has 0 aromatic heterocycles. The van der Waals surface area contributed by atoms with E-state index in [2.05, 4.69) is 4.99 Å². The number of carbonyl (C=O) groups is 2. The van der Waals surface area contributed by atoms with Gasteiger partial charge in [0.25, 0.3) is 5.69 Å². The molecule has 1 amide bonds. The Morgan fingerprint density at radius 1 is 1.05 bits per heavy atom. The van der Waals surface area contributed by atoms with E-state index in [9.17, 15) is 24.1 Å². The van der Waals surface area contributed by atoms with Crippen molar-refractivity contribution >= 4 is 23.8 Å². The van der Waals surface area contributed by atoms with Gasteiger partial charge in [-0.05, 0) is 30.2 Å². The second-order valence-electron chi connectivity index (χ2n) is 8.43. The second-order valence-corrected chi connectivity index (χ2v) is 8.43. The van der Waals surface area contributed by atoms with Gasteiger partial charge in [-0.25, -0.2) is 28.3 Å². The van der Waals surface area contributed by atoms with Crippen LogP contribution in [-0.2, 0) is 20.9 Å². The summed E-state index contributed by atoms with van der Waals surface area (Å²) in [4.78, 5) is 42.4. The summed E-state index contributed by atoms with van der Waals surface area (Å²) in [6, 6.07) is 14.3. The number of carbonyl (C=O) groups excluding carboxylic acids is 2. The SMILES string of the molecule is CCC1=C(C(=O)OCc2ccccc2)C(c2ccc(F)cc2F)N(C(=O)Oc2ccc([N+](=O)[O-])cc2)C(OC)=N1. The molecule has 0 aliphatic carbocycles. The number of rotatable bonds is 7. The highest BCUT2D eigenvalue weighted by Crippen LogP contribution is 2.39. The Morgan fingerprint density at radius 2 is 1.75 bits per heavy atom. The van der Waals surface area contributed by atoms with Gasteiger partial charge < -0.3 is 14.2 Å². The Morgan fingerprint density at radius 3 is 2.35 bits per heavy atom. The van der Waals surface area contributed by atoms with Gasteiger partial charge in [0.15, 0.2) is 0 Å². The van der Waals surface area contributed by atoms with Gasteiger partial charge in [0.2, 0.25) is 0 Å². The fourth-order valence-corrected chi connectivity index (χ4v) is 4.06. The summed E-state index contributed by atoms with van der Waals surface area (Å²) < 4.78 is 45.3. The van der Waals surface area contributed by atoms with Crippen LogP contribution in [0, 0.1) is 21.7 Å². The van der Waals surface area contributed by atoms with E-state index in [1.54, 1.807) is 37.3 Å². The zero-order valence-electron chi connectivity index (χ0n) is 21.4. The Kier molecular flexibility index (Phi) is 8.48. The highest BCUT2D eigenvalue weighted by Gasteiger charge is 2.44. The number of allylic oxidation sites excluding steroid dienone is 1. The Hall–Kier alpha value is -5.13. The number of benzene rings is 3. The predicted molar refractivity (Wildman–Crippen MR) is 138 cm³/mol. The van der Waals surface area contributed by atoms with Crippen LogP contribution in [0.15, 0.2) is 89.1 Å². The normalized spacial score (nSPS) is 14.8. The molecule has 3 aromatic carbocycles. The molecule has 1 unspecified atom stereocenters. The van der Waals surface area contributed by atoms with Crippen LogP contribution in [0.3, 0.4) is 0 Å². The Bertz CT molecular complexity index is 1490. The lowest BCUT2D eigenvalue weighted by atomic mass is 9.93. The van der Waals surface area contributed by atoms with E-state index in [4.69, 9.17) is 14.2 Å². The number of hydrogen-bond acceptors (Lipinski definition) is 8. The molecule has 0 spiro atoms. The molecule has 0 saturated carbocycles. The molecule has 0 saturated heterocycles. The number of ether oxygens (including phenoxy) is 3. The molecule has 0 bridgehead atoms. The third-order valence-corrected chi connectivity index (χ3v) is 5.94. The first-order valence-corrected chi connectivity index (χ1v) is 12.0. The summed E-state index contributed by atoms with van der Waals surface area (Å²) in [5, 5.41) is 11.0. The quantitative estimate of drug-likeness (QED) is 0.206. The van der Waals surface area contributed by atoms with E-state index in [1.165, 1.54) is 19.2 Å². The van der Waals surface area contributed by atoms with Crippen LogP contribution < -0.4 is 4.74 Å². The van der Waals surface area contributed by atoms with Crippen molar-refractivity contribution in [2.24, 2.45) is 4.99 Å². The van der Waals surface area contributed by atoms with Crippen molar-refractivity contribution in [1.82, 2.24) is 4.90 Å². The number of nitro groups is 1. The Labute approximate surface area is 227 Å². The van der Waals surface area contributed by atoms with Crippen LogP contribution in [0.4, 0.5) is 19.3 Å². The largest absolute Gasteiger partial charge is 0.468 e. The summed E-state index contributed by atoms with van der Waals surface area (Å²) in [5.41, 5.74) is 0.185. The first kappa shape index (κ1) is 27.9. The van der Waals surface area contributed by atoms with Gasteiger partial charge in [-0.3, -0.25) is 10.1 Å². The number of nitrogens with zero attached hydrogens (tertiary/aromatic N) is 3. The number of aliphatic imine (C=N–C) groups is 1. The summed E-state index contributed by atoms with van der Waals surface area (Å²) in [6.07, 6.45) is -0.973. The summed E-state index contributed by atoms with van der Waals surface area (Å²) >= 11 is 0. The number of esters is 1. The zero-order valence-corrected chi connectivity index (χ0v) is 21.4. The maximum atomic E-state index is 15.2. The van der Waals surface area contributed by atoms with Crippen LogP contribution >= 0.6 is 0 Å². The molecule has 40 heavy (non-hydrogen) atoms. The van der Waals surface area contributed by atoms with E-state index in [0.29, 0.717) is 11.6 Å². The predicted octanol–water partition coefficient (Wildman–Crippen LogP) is 5.84. The van der Waals surface area contributed by atoms with Gasteiger partial charge in [-0.1, -0.05) is 43.3 Å². The molecule has 0 fully saturated rings. The van der Waals surface area contributed by atoms with Crippen LogP contribution in [0.5, 0.6) is 5.75 Å². The molecule has 1 aliphatic rings. The van der Waals surface area contributed by atoms with Crippen molar-refractivity contribution in [2.75, 3.05) is 7.11 Å². The van der Waals surface area contributed by atoms with Crippen molar-refractivity contribution in [3.63, 3.8) is 0 Å². The van der Waals surface area contributed by atoms with Gasteiger partial charge in [-0.2, -0.15) is 0 Å². The monoisotopic (exact) mass is 551 g/mol. The zero-order chi connectivity index (χ0) is 28.8. The van der Waals surface area contributed by atoms with Crippen LogP contribution in [0.25, 0.3) is 0 Å². The highest BCUT2D eigenvalue weighted by molar-refractivity contribution is 6.00. The fraction of sp³-hybridized carbons (Fsp3) is 0.179. The number of halogens is 2. The van der Waals surface area contributed by atoms with Crippen molar-refractivity contribution in [3.05, 3.63) is 117 Å². The lowest BCUT2D eigenvalue weighted by Crippen LogP contribution is -2.47. The molecule has 3 aromatic rings. The standard InChI is InChI=1S/C28H23F2N3O7/c1-3-23-24(26(34)39-16-17-7-5-4-6-8-17)25(21-14-9-18(29)15-22(21)30)32(27(31-23)38-2)28(35)40-20-12-10-19(11-13-20)33(36)37/h4-15,25H,3,16H2,1-2H3. The maximum Gasteiger partial charge on any atom is 0.424 e. The van der Waals surface area contributed by atoms with Gasteiger partial charge in [0.05, 0.1) is 23.3 Å². The minimum Gasteiger partial charge on any atom is -0.468 e. The van der Waals surface area contributed by atoms with Crippen molar-refractivity contribution < 1.29 is 37.5 Å². The molecule has 1 atom stereocenters. The number of non-ortho nitro benzene ring substituents is 1. The lowest BCUT2D eigenvalue weighted by Gasteiger charge is -2.35. The molecule has 4 rings (SSSR count). The average molecular weight is 552 g/mol. The smallest absolute Gasteiger partial charge is 0.424 e. The topological polar surface area (TPSA) is 121 Å².